The largest absolute Gasteiger partial charge is 0.401 e. The highest BCUT2D eigenvalue weighted by Crippen LogP contribution is 2.23. The molecular formula is C14H19F3N2OS. The van der Waals surface area contributed by atoms with Crippen LogP contribution in [0.15, 0.2) is 16.8 Å². The molecule has 7 heteroatoms. The Morgan fingerprint density at radius 1 is 1.52 bits per heavy atom. The molecule has 1 atom stereocenters. The Balaban J connectivity index is 1.86. The lowest BCUT2D eigenvalue weighted by molar-refractivity contribution is -0.146. The van der Waals surface area contributed by atoms with Crippen molar-refractivity contribution in [1.29, 1.82) is 0 Å². The summed E-state index contributed by atoms with van der Waals surface area (Å²) in [4.78, 5) is 15.3. The Hall–Kier alpha value is -1.08. The standard InChI is InChI=1S/C14H19F3N2OS/c1-2-18(10-14(15,16)17)7-11-3-5-19(8-11)13(20)12-4-6-21-9-12/h4,6,9,11H,2-3,5,7-8,10H2,1H3/t11-/m1/s1. The molecule has 2 heterocycles. The molecule has 118 valence electrons. The third-order valence-electron chi connectivity index (χ3n) is 3.71. The van der Waals surface area contributed by atoms with E-state index < -0.39 is 12.7 Å². The average molecular weight is 320 g/mol. The summed E-state index contributed by atoms with van der Waals surface area (Å²) in [6, 6.07) is 1.78. The van der Waals surface area contributed by atoms with Crippen LogP contribution >= 0.6 is 11.3 Å². The lowest BCUT2D eigenvalue weighted by Gasteiger charge is -2.25. The molecule has 0 aliphatic carbocycles. The molecule has 2 rings (SSSR count). The molecule has 3 nitrogen and oxygen atoms in total. The minimum atomic E-state index is -4.17. The first-order valence-electron chi connectivity index (χ1n) is 6.99. The molecule has 0 aromatic carbocycles. The van der Waals surface area contributed by atoms with Crippen molar-refractivity contribution in [3.05, 3.63) is 22.4 Å². The number of thiophene rings is 1. The van der Waals surface area contributed by atoms with E-state index >= 15 is 0 Å². The Morgan fingerprint density at radius 3 is 2.86 bits per heavy atom. The van der Waals surface area contributed by atoms with Gasteiger partial charge in [0.1, 0.15) is 0 Å². The van der Waals surface area contributed by atoms with Crippen LogP contribution in [-0.2, 0) is 0 Å². The first kappa shape index (κ1) is 16.3. The van der Waals surface area contributed by atoms with Crippen LogP contribution in [0.4, 0.5) is 13.2 Å². The van der Waals surface area contributed by atoms with Crippen molar-refractivity contribution in [2.45, 2.75) is 19.5 Å². The molecule has 21 heavy (non-hydrogen) atoms. The normalized spacial score (nSPS) is 19.5. The topological polar surface area (TPSA) is 23.6 Å². The molecule has 0 bridgehead atoms. The van der Waals surface area contributed by atoms with E-state index in [2.05, 4.69) is 0 Å². The van der Waals surface area contributed by atoms with Crippen LogP contribution in [0.25, 0.3) is 0 Å². The zero-order chi connectivity index (χ0) is 15.5. The van der Waals surface area contributed by atoms with Crippen molar-refractivity contribution in [2.24, 2.45) is 5.92 Å². The van der Waals surface area contributed by atoms with Crippen molar-refractivity contribution >= 4 is 17.2 Å². The van der Waals surface area contributed by atoms with Gasteiger partial charge in [0.25, 0.3) is 5.91 Å². The van der Waals surface area contributed by atoms with E-state index in [1.807, 2.05) is 5.38 Å². The summed E-state index contributed by atoms with van der Waals surface area (Å²) in [7, 11) is 0. The van der Waals surface area contributed by atoms with Gasteiger partial charge in [-0.15, -0.1) is 0 Å². The van der Waals surface area contributed by atoms with Crippen LogP contribution < -0.4 is 0 Å². The number of hydrogen-bond donors (Lipinski definition) is 0. The number of amides is 1. The molecule has 1 aromatic rings. The third-order valence-corrected chi connectivity index (χ3v) is 4.39. The number of likely N-dealkylation sites (tertiary alicyclic amines) is 1. The van der Waals surface area contributed by atoms with Crippen LogP contribution in [0.3, 0.4) is 0 Å². The predicted octanol–water partition coefficient (Wildman–Crippen LogP) is 3.09. The van der Waals surface area contributed by atoms with Crippen molar-refractivity contribution in [3.8, 4) is 0 Å². The fraction of sp³-hybridized carbons (Fsp3) is 0.643. The number of alkyl halides is 3. The Morgan fingerprint density at radius 2 is 2.29 bits per heavy atom. The fourth-order valence-corrected chi connectivity index (χ4v) is 3.29. The van der Waals surface area contributed by atoms with Crippen LogP contribution in [0.2, 0.25) is 0 Å². The molecular weight excluding hydrogens is 301 g/mol. The van der Waals surface area contributed by atoms with E-state index in [0.717, 1.165) is 6.42 Å². The number of nitrogens with zero attached hydrogens (tertiary/aromatic N) is 2. The summed E-state index contributed by atoms with van der Waals surface area (Å²) in [5, 5.41) is 3.65. The average Bonchev–Trinajstić information content (AvgIpc) is 3.06. The maximum Gasteiger partial charge on any atom is 0.401 e. The minimum absolute atomic E-state index is 0.0161. The number of rotatable bonds is 5. The Bertz CT molecular complexity index is 461. The monoisotopic (exact) mass is 320 g/mol. The summed E-state index contributed by atoms with van der Waals surface area (Å²) in [5.41, 5.74) is 0.670. The molecule has 1 fully saturated rings. The van der Waals surface area contributed by atoms with E-state index in [9.17, 15) is 18.0 Å². The van der Waals surface area contributed by atoms with E-state index in [1.54, 1.807) is 23.3 Å². The molecule has 0 saturated carbocycles. The molecule has 0 radical (unpaired) electrons. The summed E-state index contributed by atoms with van der Waals surface area (Å²) in [6.45, 7) is 2.79. The van der Waals surface area contributed by atoms with E-state index in [0.29, 0.717) is 31.7 Å². The van der Waals surface area contributed by atoms with Gasteiger partial charge in [0.15, 0.2) is 0 Å². The Labute approximate surface area is 126 Å². The third kappa shape index (κ3) is 4.71. The highest BCUT2D eigenvalue weighted by Gasteiger charge is 2.33. The highest BCUT2D eigenvalue weighted by molar-refractivity contribution is 7.08. The van der Waals surface area contributed by atoms with Crippen LogP contribution in [0.1, 0.15) is 23.7 Å². The van der Waals surface area contributed by atoms with Crippen molar-refractivity contribution in [3.63, 3.8) is 0 Å². The van der Waals surface area contributed by atoms with Gasteiger partial charge in [-0.1, -0.05) is 6.92 Å². The van der Waals surface area contributed by atoms with Gasteiger partial charge in [0, 0.05) is 25.0 Å². The SMILES string of the molecule is CCN(C[C@H]1CCN(C(=O)c2ccsc2)C1)CC(F)(F)F. The molecule has 1 amide bonds. The first-order chi connectivity index (χ1) is 9.89. The summed E-state index contributed by atoms with van der Waals surface area (Å²) in [5.74, 6) is 0.104. The second kappa shape index (κ2) is 6.79. The zero-order valence-corrected chi connectivity index (χ0v) is 12.7. The van der Waals surface area contributed by atoms with Gasteiger partial charge in [-0.3, -0.25) is 9.69 Å². The molecule has 0 unspecified atom stereocenters. The van der Waals surface area contributed by atoms with Gasteiger partial charge in [0.05, 0.1) is 12.1 Å². The molecule has 0 spiro atoms. The van der Waals surface area contributed by atoms with E-state index in [-0.39, 0.29) is 11.8 Å². The predicted molar refractivity (Wildman–Crippen MR) is 76.5 cm³/mol. The molecule has 1 aliphatic rings. The number of carbonyl (C=O) groups is 1. The van der Waals surface area contributed by atoms with Crippen LogP contribution in [-0.4, -0.2) is 54.6 Å². The maximum absolute atomic E-state index is 12.5. The minimum Gasteiger partial charge on any atom is -0.338 e. The van der Waals surface area contributed by atoms with Gasteiger partial charge in [-0.2, -0.15) is 24.5 Å². The molecule has 1 aromatic heterocycles. The lowest BCUT2D eigenvalue weighted by Crippen LogP contribution is -2.38. The van der Waals surface area contributed by atoms with Crippen molar-refractivity contribution in [1.82, 2.24) is 9.80 Å². The second-order valence-electron chi connectivity index (χ2n) is 5.36. The summed E-state index contributed by atoms with van der Waals surface area (Å²) >= 11 is 1.47. The quantitative estimate of drug-likeness (QED) is 0.832. The molecule has 1 saturated heterocycles. The fourth-order valence-electron chi connectivity index (χ4n) is 2.66. The van der Waals surface area contributed by atoms with Gasteiger partial charge in [-0.25, -0.2) is 0 Å². The van der Waals surface area contributed by atoms with E-state index in [1.165, 1.54) is 16.2 Å². The van der Waals surface area contributed by atoms with Gasteiger partial charge < -0.3 is 4.90 Å². The zero-order valence-electron chi connectivity index (χ0n) is 11.9. The summed E-state index contributed by atoms with van der Waals surface area (Å²) < 4.78 is 37.4. The van der Waals surface area contributed by atoms with Gasteiger partial charge in [-0.05, 0) is 30.3 Å². The van der Waals surface area contributed by atoms with Gasteiger partial charge >= 0.3 is 6.18 Å². The lowest BCUT2D eigenvalue weighted by atomic mass is 10.1. The van der Waals surface area contributed by atoms with Crippen LogP contribution in [0.5, 0.6) is 0 Å². The maximum atomic E-state index is 12.5. The number of carbonyl (C=O) groups excluding carboxylic acids is 1. The number of hydrogen-bond acceptors (Lipinski definition) is 3. The van der Waals surface area contributed by atoms with Crippen LogP contribution in [0, 0.1) is 5.92 Å². The van der Waals surface area contributed by atoms with Crippen molar-refractivity contribution in [2.75, 3.05) is 32.7 Å². The van der Waals surface area contributed by atoms with E-state index in [4.69, 9.17) is 0 Å². The number of halogens is 3. The second-order valence-corrected chi connectivity index (χ2v) is 6.14. The Kier molecular flexibility index (Phi) is 5.27. The molecule has 0 N–H and O–H groups in total. The van der Waals surface area contributed by atoms with Gasteiger partial charge in [0.2, 0.25) is 0 Å². The highest BCUT2D eigenvalue weighted by atomic mass is 32.1. The summed E-state index contributed by atoms with van der Waals surface area (Å²) in [6.07, 6.45) is -3.40. The first-order valence-corrected chi connectivity index (χ1v) is 7.94. The smallest absolute Gasteiger partial charge is 0.338 e. The molecule has 1 aliphatic heterocycles. The van der Waals surface area contributed by atoms with Crippen molar-refractivity contribution < 1.29 is 18.0 Å².